The lowest BCUT2D eigenvalue weighted by Crippen LogP contribution is -2.26. The van der Waals surface area contributed by atoms with Crippen molar-refractivity contribution in [1.82, 2.24) is 0 Å². The SMILES string of the molecule is COc1ccc(C(C)C)cc1C(C)(O)CC(=O)O. The zero-order valence-electron chi connectivity index (χ0n) is 11.2. The number of methoxy groups -OCH3 is 1. The Morgan fingerprint density at radius 2 is 2.06 bits per heavy atom. The Labute approximate surface area is 107 Å². The highest BCUT2D eigenvalue weighted by Crippen LogP contribution is 2.34. The maximum atomic E-state index is 10.8. The van der Waals surface area contributed by atoms with E-state index < -0.39 is 11.6 Å². The van der Waals surface area contributed by atoms with Gasteiger partial charge in [0.2, 0.25) is 0 Å². The summed E-state index contributed by atoms with van der Waals surface area (Å²) >= 11 is 0. The predicted octanol–water partition coefficient (Wildman–Crippen LogP) is 2.50. The van der Waals surface area contributed by atoms with Crippen molar-refractivity contribution < 1.29 is 19.7 Å². The lowest BCUT2D eigenvalue weighted by atomic mass is 9.88. The lowest BCUT2D eigenvalue weighted by molar-refractivity contribution is -0.142. The molecular formula is C14H20O4. The van der Waals surface area contributed by atoms with E-state index in [-0.39, 0.29) is 6.42 Å². The minimum Gasteiger partial charge on any atom is -0.496 e. The predicted molar refractivity (Wildman–Crippen MR) is 68.9 cm³/mol. The summed E-state index contributed by atoms with van der Waals surface area (Å²) in [5.41, 5.74) is 0.109. The van der Waals surface area contributed by atoms with E-state index in [1.54, 1.807) is 6.07 Å². The molecule has 1 aromatic carbocycles. The molecule has 0 heterocycles. The number of hydrogen-bond acceptors (Lipinski definition) is 3. The van der Waals surface area contributed by atoms with Crippen LogP contribution in [0.4, 0.5) is 0 Å². The van der Waals surface area contributed by atoms with Gasteiger partial charge in [-0.25, -0.2) is 0 Å². The van der Waals surface area contributed by atoms with Crippen LogP contribution in [0.25, 0.3) is 0 Å². The number of aliphatic hydroxyl groups is 1. The molecule has 4 nitrogen and oxygen atoms in total. The molecular weight excluding hydrogens is 232 g/mol. The molecule has 0 spiro atoms. The summed E-state index contributed by atoms with van der Waals surface area (Å²) < 4.78 is 5.20. The summed E-state index contributed by atoms with van der Waals surface area (Å²) in [6.07, 6.45) is -0.356. The Hall–Kier alpha value is -1.55. The van der Waals surface area contributed by atoms with Gasteiger partial charge in [0.05, 0.1) is 13.5 Å². The number of rotatable bonds is 5. The van der Waals surface area contributed by atoms with Crippen molar-refractivity contribution in [2.45, 2.75) is 38.7 Å². The van der Waals surface area contributed by atoms with Crippen molar-refractivity contribution in [3.8, 4) is 5.75 Å². The van der Waals surface area contributed by atoms with Gasteiger partial charge in [-0.2, -0.15) is 0 Å². The summed E-state index contributed by atoms with van der Waals surface area (Å²) in [5.74, 6) is -0.238. The van der Waals surface area contributed by atoms with Crippen molar-refractivity contribution in [2.24, 2.45) is 0 Å². The molecule has 0 saturated carbocycles. The minimum absolute atomic E-state index is 0.301. The van der Waals surface area contributed by atoms with Gasteiger partial charge in [0.25, 0.3) is 0 Å². The van der Waals surface area contributed by atoms with E-state index in [9.17, 15) is 9.90 Å². The van der Waals surface area contributed by atoms with Crippen molar-refractivity contribution in [1.29, 1.82) is 0 Å². The quantitative estimate of drug-likeness (QED) is 0.845. The zero-order chi connectivity index (χ0) is 13.9. The van der Waals surface area contributed by atoms with Crippen molar-refractivity contribution in [2.75, 3.05) is 7.11 Å². The molecule has 1 atom stereocenters. The molecule has 0 aliphatic rings. The van der Waals surface area contributed by atoms with Gasteiger partial charge in [0, 0.05) is 5.56 Å². The van der Waals surface area contributed by atoms with Crippen LogP contribution < -0.4 is 4.74 Å². The van der Waals surface area contributed by atoms with E-state index in [0.29, 0.717) is 17.2 Å². The van der Waals surface area contributed by atoms with E-state index in [1.807, 2.05) is 26.0 Å². The Morgan fingerprint density at radius 1 is 1.44 bits per heavy atom. The fraction of sp³-hybridized carbons (Fsp3) is 0.500. The highest BCUT2D eigenvalue weighted by atomic mass is 16.5. The molecule has 0 aromatic heterocycles. The first-order chi connectivity index (χ1) is 8.27. The van der Waals surface area contributed by atoms with Gasteiger partial charge < -0.3 is 14.9 Å². The second-order valence-electron chi connectivity index (χ2n) is 4.96. The van der Waals surface area contributed by atoms with Crippen LogP contribution in [0.15, 0.2) is 18.2 Å². The third-order valence-corrected chi connectivity index (χ3v) is 2.97. The Balaban J connectivity index is 3.26. The van der Waals surface area contributed by atoms with Gasteiger partial charge >= 0.3 is 5.97 Å². The average Bonchev–Trinajstić information content (AvgIpc) is 2.26. The Bertz CT molecular complexity index is 435. The van der Waals surface area contributed by atoms with E-state index in [4.69, 9.17) is 9.84 Å². The summed E-state index contributed by atoms with van der Waals surface area (Å²) in [6.45, 7) is 5.57. The van der Waals surface area contributed by atoms with Crippen LogP contribution in [0.1, 0.15) is 44.2 Å². The minimum atomic E-state index is -1.44. The number of carboxylic acid groups (broad SMARTS) is 1. The molecule has 0 fully saturated rings. The molecule has 0 aliphatic carbocycles. The van der Waals surface area contributed by atoms with Gasteiger partial charge in [-0.3, -0.25) is 4.79 Å². The number of aliphatic carboxylic acids is 1. The molecule has 0 aliphatic heterocycles. The van der Waals surface area contributed by atoms with E-state index in [0.717, 1.165) is 5.56 Å². The first-order valence-electron chi connectivity index (χ1n) is 5.90. The van der Waals surface area contributed by atoms with Gasteiger partial charge in [0.1, 0.15) is 11.4 Å². The molecule has 0 bridgehead atoms. The standard InChI is InChI=1S/C14H20O4/c1-9(2)10-5-6-12(18-4)11(7-10)14(3,17)8-13(15)16/h5-7,9,17H,8H2,1-4H3,(H,15,16). The third kappa shape index (κ3) is 3.23. The molecule has 2 N–H and O–H groups in total. The maximum absolute atomic E-state index is 10.8. The van der Waals surface area contributed by atoms with Crippen LogP contribution in [0.2, 0.25) is 0 Å². The largest absolute Gasteiger partial charge is 0.496 e. The smallest absolute Gasteiger partial charge is 0.306 e. The zero-order valence-corrected chi connectivity index (χ0v) is 11.2. The van der Waals surface area contributed by atoms with Crippen molar-refractivity contribution in [3.63, 3.8) is 0 Å². The van der Waals surface area contributed by atoms with Gasteiger partial charge in [-0.15, -0.1) is 0 Å². The second kappa shape index (κ2) is 5.40. The van der Waals surface area contributed by atoms with Crippen LogP contribution in [0, 0.1) is 0 Å². The fourth-order valence-electron chi connectivity index (χ4n) is 1.90. The van der Waals surface area contributed by atoms with Crippen molar-refractivity contribution in [3.05, 3.63) is 29.3 Å². The summed E-state index contributed by atoms with van der Waals surface area (Å²) in [4.78, 5) is 10.8. The molecule has 1 aromatic rings. The highest BCUT2D eigenvalue weighted by Gasteiger charge is 2.30. The first-order valence-corrected chi connectivity index (χ1v) is 5.90. The normalized spacial score (nSPS) is 14.3. The fourth-order valence-corrected chi connectivity index (χ4v) is 1.90. The van der Waals surface area contributed by atoms with Crippen LogP contribution in [-0.4, -0.2) is 23.3 Å². The van der Waals surface area contributed by atoms with E-state index >= 15 is 0 Å². The first kappa shape index (κ1) is 14.5. The number of carbonyl (C=O) groups is 1. The number of carboxylic acids is 1. The van der Waals surface area contributed by atoms with Crippen LogP contribution >= 0.6 is 0 Å². The van der Waals surface area contributed by atoms with E-state index in [1.165, 1.54) is 14.0 Å². The lowest BCUT2D eigenvalue weighted by Gasteiger charge is -2.25. The summed E-state index contributed by atoms with van der Waals surface area (Å²) in [5, 5.41) is 19.2. The number of hydrogen-bond donors (Lipinski definition) is 2. The van der Waals surface area contributed by atoms with Crippen LogP contribution in [0.5, 0.6) is 5.75 Å². The second-order valence-corrected chi connectivity index (χ2v) is 4.96. The topological polar surface area (TPSA) is 66.8 Å². The third-order valence-electron chi connectivity index (χ3n) is 2.97. The van der Waals surface area contributed by atoms with Gasteiger partial charge in [0.15, 0.2) is 0 Å². The number of benzene rings is 1. The molecule has 100 valence electrons. The van der Waals surface area contributed by atoms with Crippen LogP contribution in [-0.2, 0) is 10.4 Å². The number of ether oxygens (including phenoxy) is 1. The molecule has 0 amide bonds. The van der Waals surface area contributed by atoms with E-state index in [2.05, 4.69) is 0 Å². The van der Waals surface area contributed by atoms with Crippen molar-refractivity contribution >= 4 is 5.97 Å². The average molecular weight is 252 g/mol. The van der Waals surface area contributed by atoms with Crippen LogP contribution in [0.3, 0.4) is 0 Å². The summed E-state index contributed by atoms with van der Waals surface area (Å²) in [6, 6.07) is 5.50. The molecule has 0 saturated heterocycles. The van der Waals surface area contributed by atoms with Gasteiger partial charge in [-0.05, 0) is 30.5 Å². The summed E-state index contributed by atoms with van der Waals surface area (Å²) in [7, 11) is 1.50. The molecule has 1 unspecified atom stereocenters. The molecule has 18 heavy (non-hydrogen) atoms. The molecule has 4 heteroatoms. The molecule has 0 radical (unpaired) electrons. The monoisotopic (exact) mass is 252 g/mol. The highest BCUT2D eigenvalue weighted by molar-refractivity contribution is 5.69. The maximum Gasteiger partial charge on any atom is 0.306 e. The molecule has 1 rings (SSSR count). The van der Waals surface area contributed by atoms with Gasteiger partial charge in [-0.1, -0.05) is 19.9 Å². The Kier molecular flexibility index (Phi) is 4.35. The Morgan fingerprint density at radius 3 is 2.50 bits per heavy atom.